The fourth-order valence-electron chi connectivity index (χ4n) is 3.25. The van der Waals surface area contributed by atoms with Gasteiger partial charge in [-0.05, 0) is 54.3 Å². The second-order valence-corrected chi connectivity index (χ2v) is 11.2. The molecule has 4 rings (SSSR count). The molecule has 1 atom stereocenters. The largest absolute Gasteiger partial charge is 0.755 e. The standard InChI is InChI=1S/C20H15ClN2O7S3/c1-10-13-8-12(21)4-6-16(13)31-19(10)23(32(26)27)15-5-3-11(7-17(15)33(2,28)29)18-22-14(9-30-18)20(24)25/h3-9H,1-2H3,(H,24,25)(H,26,27)/p-1. The number of aryl methyl sites for hydroxylation is 1. The molecular weight excluding hydrogens is 512 g/mol. The summed E-state index contributed by atoms with van der Waals surface area (Å²) >= 11 is 4.39. The van der Waals surface area contributed by atoms with Gasteiger partial charge < -0.3 is 14.1 Å². The van der Waals surface area contributed by atoms with Crippen LogP contribution in [0, 0.1) is 6.92 Å². The van der Waals surface area contributed by atoms with Crippen LogP contribution in [0.15, 0.2) is 52.0 Å². The Balaban J connectivity index is 1.92. The predicted octanol–water partition coefficient (Wildman–Crippen LogP) is 4.55. The minimum Gasteiger partial charge on any atom is -0.755 e. The average molecular weight is 526 g/mol. The minimum atomic E-state index is -3.93. The molecule has 4 aromatic rings. The summed E-state index contributed by atoms with van der Waals surface area (Å²) in [4.78, 5) is 14.6. The van der Waals surface area contributed by atoms with Gasteiger partial charge in [0.25, 0.3) is 0 Å². The molecule has 0 fully saturated rings. The van der Waals surface area contributed by atoms with E-state index in [1.807, 2.05) is 0 Å². The molecule has 0 aliphatic heterocycles. The molecular formula is C20H14ClN2O7S3-. The Morgan fingerprint density at radius 1 is 1.27 bits per heavy atom. The molecule has 2 aromatic heterocycles. The van der Waals surface area contributed by atoms with Crippen LogP contribution in [0.25, 0.3) is 21.5 Å². The summed E-state index contributed by atoms with van der Waals surface area (Å²) in [6, 6.07) is 9.06. The number of halogens is 1. The monoisotopic (exact) mass is 525 g/mol. The molecule has 0 bridgehead atoms. The van der Waals surface area contributed by atoms with Crippen molar-refractivity contribution in [1.29, 1.82) is 0 Å². The van der Waals surface area contributed by atoms with Crippen molar-refractivity contribution < 1.29 is 31.5 Å². The van der Waals surface area contributed by atoms with E-state index in [-0.39, 0.29) is 27.7 Å². The first kappa shape index (κ1) is 23.4. The highest BCUT2D eigenvalue weighted by Crippen LogP contribution is 2.44. The third kappa shape index (κ3) is 4.39. The number of anilines is 2. The van der Waals surface area contributed by atoms with E-state index in [1.54, 1.807) is 25.1 Å². The predicted molar refractivity (Wildman–Crippen MR) is 125 cm³/mol. The maximum Gasteiger partial charge on any atom is 0.357 e. The molecule has 1 N–H and O–H groups in total. The lowest BCUT2D eigenvalue weighted by Gasteiger charge is -2.27. The summed E-state index contributed by atoms with van der Waals surface area (Å²) in [6.45, 7) is 1.72. The quantitative estimate of drug-likeness (QED) is 0.361. The molecule has 1 unspecified atom stereocenters. The molecule has 9 nitrogen and oxygen atoms in total. The summed E-state index contributed by atoms with van der Waals surface area (Å²) in [6.07, 6.45) is 1.87. The Kier molecular flexibility index (Phi) is 6.05. The first-order valence-electron chi connectivity index (χ1n) is 9.09. The van der Waals surface area contributed by atoms with Crippen LogP contribution in [-0.4, -0.2) is 39.5 Å². The number of rotatable bonds is 6. The molecule has 0 amide bonds. The van der Waals surface area contributed by atoms with Gasteiger partial charge in [0.15, 0.2) is 15.5 Å². The first-order valence-corrected chi connectivity index (χ1v) is 13.2. The van der Waals surface area contributed by atoms with E-state index in [1.165, 1.54) is 29.5 Å². The van der Waals surface area contributed by atoms with Crippen molar-refractivity contribution in [3.05, 3.63) is 58.9 Å². The lowest BCUT2D eigenvalue weighted by Crippen LogP contribution is -2.21. The van der Waals surface area contributed by atoms with Gasteiger partial charge in [-0.25, -0.2) is 18.2 Å². The zero-order chi connectivity index (χ0) is 24.1. The smallest absolute Gasteiger partial charge is 0.357 e. The van der Waals surface area contributed by atoms with Crippen LogP contribution in [0.3, 0.4) is 0 Å². The Bertz CT molecular complexity index is 1540. The Morgan fingerprint density at radius 3 is 2.61 bits per heavy atom. The lowest BCUT2D eigenvalue weighted by atomic mass is 10.1. The zero-order valence-electron chi connectivity index (χ0n) is 16.9. The highest BCUT2D eigenvalue weighted by molar-refractivity contribution is 7.91. The molecule has 2 aromatic carbocycles. The average Bonchev–Trinajstić information content (AvgIpc) is 3.34. The Labute approximate surface area is 199 Å². The third-order valence-corrected chi connectivity index (χ3v) is 8.17. The number of thiophene rings is 1. The topological polar surface area (TPSA) is 141 Å². The van der Waals surface area contributed by atoms with E-state index in [0.29, 0.717) is 15.6 Å². The van der Waals surface area contributed by atoms with Crippen molar-refractivity contribution in [2.45, 2.75) is 11.8 Å². The van der Waals surface area contributed by atoms with Crippen molar-refractivity contribution >= 4 is 70.8 Å². The SMILES string of the molecule is Cc1c(N(c2ccc(-c3nc(C(=O)O)co3)cc2S(C)(=O)=O)S(=O)[O-])sc2ccc(Cl)cc12. The number of hydrogen-bond donors (Lipinski definition) is 1. The first-order chi connectivity index (χ1) is 15.5. The number of fused-ring (bicyclic) bond motifs is 1. The van der Waals surface area contributed by atoms with Crippen molar-refractivity contribution in [2.75, 3.05) is 10.6 Å². The van der Waals surface area contributed by atoms with Gasteiger partial charge in [-0.3, -0.25) is 8.51 Å². The molecule has 0 aliphatic rings. The van der Waals surface area contributed by atoms with Gasteiger partial charge in [-0.1, -0.05) is 11.6 Å². The molecule has 0 saturated carbocycles. The molecule has 33 heavy (non-hydrogen) atoms. The lowest BCUT2D eigenvalue weighted by molar-refractivity contribution is 0.0690. The molecule has 172 valence electrons. The normalized spacial score (nSPS) is 12.7. The van der Waals surface area contributed by atoms with Gasteiger partial charge in [0, 0.05) is 21.5 Å². The number of aromatic nitrogens is 1. The van der Waals surface area contributed by atoms with Gasteiger partial charge in [0.2, 0.25) is 5.89 Å². The molecule has 0 aliphatic carbocycles. The Hall–Kier alpha value is -2.77. The fourth-order valence-corrected chi connectivity index (χ4v) is 6.36. The maximum absolute atomic E-state index is 12.6. The van der Waals surface area contributed by atoms with E-state index in [9.17, 15) is 22.0 Å². The summed E-state index contributed by atoms with van der Waals surface area (Å²) < 4.78 is 56.7. The van der Waals surface area contributed by atoms with Crippen molar-refractivity contribution in [2.24, 2.45) is 0 Å². The Morgan fingerprint density at radius 2 is 2.00 bits per heavy atom. The highest BCUT2D eigenvalue weighted by atomic mass is 35.5. The summed E-state index contributed by atoms with van der Waals surface area (Å²) in [5.74, 6) is -1.43. The van der Waals surface area contributed by atoms with Crippen LogP contribution in [0.4, 0.5) is 10.7 Å². The van der Waals surface area contributed by atoms with Crippen LogP contribution < -0.4 is 4.31 Å². The molecule has 13 heteroatoms. The molecule has 0 spiro atoms. The van der Waals surface area contributed by atoms with Crippen LogP contribution in [0.5, 0.6) is 0 Å². The van der Waals surface area contributed by atoms with Crippen molar-refractivity contribution in [3.63, 3.8) is 0 Å². The number of carbonyl (C=O) groups is 1. The summed E-state index contributed by atoms with van der Waals surface area (Å²) in [7, 11) is -3.93. The van der Waals surface area contributed by atoms with Crippen LogP contribution >= 0.6 is 22.9 Å². The van der Waals surface area contributed by atoms with E-state index in [4.69, 9.17) is 21.1 Å². The molecule has 0 saturated heterocycles. The van der Waals surface area contributed by atoms with Gasteiger partial charge in [0.05, 0.1) is 21.8 Å². The number of carboxylic acid groups (broad SMARTS) is 1. The second kappa shape index (κ2) is 8.54. The van der Waals surface area contributed by atoms with Gasteiger partial charge in [-0.15, -0.1) is 11.3 Å². The summed E-state index contributed by atoms with van der Waals surface area (Å²) in [5.41, 5.74) is 0.337. The van der Waals surface area contributed by atoms with Crippen molar-refractivity contribution in [3.8, 4) is 11.5 Å². The number of hydrogen-bond acceptors (Lipinski definition) is 8. The second-order valence-electron chi connectivity index (χ2n) is 6.98. The number of aromatic carboxylic acids is 1. The molecule has 2 heterocycles. The van der Waals surface area contributed by atoms with E-state index in [0.717, 1.165) is 26.9 Å². The van der Waals surface area contributed by atoms with E-state index < -0.39 is 27.1 Å². The molecule has 0 radical (unpaired) electrons. The number of nitrogens with zero attached hydrogens (tertiary/aromatic N) is 2. The maximum atomic E-state index is 12.6. The third-order valence-electron chi connectivity index (χ3n) is 4.75. The highest BCUT2D eigenvalue weighted by Gasteiger charge is 2.25. The van der Waals surface area contributed by atoms with Gasteiger partial charge in [-0.2, -0.15) is 0 Å². The van der Waals surface area contributed by atoms with E-state index in [2.05, 4.69) is 4.98 Å². The van der Waals surface area contributed by atoms with Crippen LogP contribution in [0.2, 0.25) is 5.02 Å². The van der Waals surface area contributed by atoms with Gasteiger partial charge in [0.1, 0.15) is 11.3 Å². The number of oxazole rings is 1. The van der Waals surface area contributed by atoms with Crippen LogP contribution in [0.1, 0.15) is 16.1 Å². The summed E-state index contributed by atoms with van der Waals surface area (Å²) in [5, 5.41) is 10.6. The fraction of sp³-hybridized carbons (Fsp3) is 0.100. The van der Waals surface area contributed by atoms with Gasteiger partial charge >= 0.3 is 5.97 Å². The number of carboxylic acids is 1. The van der Waals surface area contributed by atoms with Crippen LogP contribution in [-0.2, 0) is 21.1 Å². The van der Waals surface area contributed by atoms with E-state index >= 15 is 0 Å². The number of sulfone groups is 1. The minimum absolute atomic E-state index is 0.0969. The number of benzene rings is 2. The van der Waals surface area contributed by atoms with Crippen molar-refractivity contribution in [1.82, 2.24) is 4.98 Å². The zero-order valence-corrected chi connectivity index (χ0v) is 20.1.